The number of hydrogen-bond acceptors (Lipinski definition) is 6. The number of rotatable bonds is 2. The zero-order chi connectivity index (χ0) is 22.0. The van der Waals surface area contributed by atoms with Gasteiger partial charge < -0.3 is 20.7 Å². The van der Waals surface area contributed by atoms with Crippen LogP contribution in [0.5, 0.6) is 0 Å². The number of anilines is 2. The smallest absolute Gasteiger partial charge is 0.272 e. The molecule has 0 spiro atoms. The normalized spacial score (nSPS) is 16.6. The van der Waals surface area contributed by atoms with Crippen LogP contribution in [0.1, 0.15) is 6.42 Å². The van der Waals surface area contributed by atoms with Gasteiger partial charge in [-0.25, -0.2) is 4.39 Å². The fourth-order valence-electron chi connectivity index (χ4n) is 4.72. The predicted molar refractivity (Wildman–Crippen MR) is 122 cm³/mol. The second-order valence-corrected chi connectivity index (χ2v) is 8.10. The standard InChI is InChI=1S/C23H19FN6O2/c24-16-4-3-12(15-9-27-29-21(15)16)18-14-8-17(30-7-5-11(31)10-30)22-13(2-1-6-26-22)20(14)28-23(32)19(18)25/h1-4,6,8-9,11,31H,5,7,10,25H2,(H,27,29)(H,28,32). The third-order valence-electron chi connectivity index (χ3n) is 6.23. The van der Waals surface area contributed by atoms with Crippen LogP contribution >= 0.6 is 0 Å². The van der Waals surface area contributed by atoms with Crippen LogP contribution in [0.4, 0.5) is 15.8 Å². The molecule has 32 heavy (non-hydrogen) atoms. The molecule has 8 nitrogen and oxygen atoms in total. The molecule has 9 heteroatoms. The van der Waals surface area contributed by atoms with Gasteiger partial charge in [-0.1, -0.05) is 6.07 Å². The van der Waals surface area contributed by atoms with Gasteiger partial charge in [-0.2, -0.15) is 5.10 Å². The van der Waals surface area contributed by atoms with Crippen LogP contribution in [0.25, 0.3) is 43.8 Å². The number of nitrogens with zero attached hydrogens (tertiary/aromatic N) is 3. The predicted octanol–water partition coefficient (Wildman–Crippen LogP) is 2.91. The van der Waals surface area contributed by atoms with E-state index in [0.717, 1.165) is 16.6 Å². The van der Waals surface area contributed by atoms with Crippen molar-refractivity contribution in [1.29, 1.82) is 0 Å². The fourth-order valence-corrected chi connectivity index (χ4v) is 4.72. The number of benzene rings is 2. The zero-order valence-corrected chi connectivity index (χ0v) is 16.9. The van der Waals surface area contributed by atoms with E-state index in [0.29, 0.717) is 46.9 Å². The van der Waals surface area contributed by atoms with E-state index in [-0.39, 0.29) is 11.2 Å². The summed E-state index contributed by atoms with van der Waals surface area (Å²) in [4.78, 5) is 22.4. The number of halogens is 1. The highest BCUT2D eigenvalue weighted by molar-refractivity contribution is 6.17. The highest BCUT2D eigenvalue weighted by Gasteiger charge is 2.25. The Balaban J connectivity index is 1.77. The molecular weight excluding hydrogens is 411 g/mol. The summed E-state index contributed by atoms with van der Waals surface area (Å²) in [5, 5.41) is 18.8. The quantitative estimate of drug-likeness (QED) is 0.319. The highest BCUT2D eigenvalue weighted by Crippen LogP contribution is 2.41. The Hall–Kier alpha value is -3.98. The van der Waals surface area contributed by atoms with Crippen molar-refractivity contribution in [3.8, 4) is 11.1 Å². The molecule has 1 atom stereocenters. The number of aromatic amines is 2. The van der Waals surface area contributed by atoms with Crippen LogP contribution in [0.15, 0.2) is 47.5 Å². The first kappa shape index (κ1) is 18.8. The van der Waals surface area contributed by atoms with Crippen LogP contribution in [0.3, 0.4) is 0 Å². The molecule has 5 N–H and O–H groups in total. The lowest BCUT2D eigenvalue weighted by atomic mass is 9.94. The molecule has 2 aromatic carbocycles. The number of aliphatic hydroxyl groups is 1. The number of H-pyrrole nitrogens is 2. The van der Waals surface area contributed by atoms with E-state index in [2.05, 4.69) is 25.1 Å². The molecule has 5 aromatic rings. The lowest BCUT2D eigenvalue weighted by molar-refractivity contribution is 0.198. The second-order valence-electron chi connectivity index (χ2n) is 8.10. The summed E-state index contributed by atoms with van der Waals surface area (Å²) < 4.78 is 14.3. The largest absolute Gasteiger partial charge is 0.394 e. The minimum absolute atomic E-state index is 0.0438. The van der Waals surface area contributed by atoms with Crippen molar-refractivity contribution in [2.24, 2.45) is 0 Å². The Bertz CT molecular complexity index is 1590. The molecule has 6 rings (SSSR count). The van der Waals surface area contributed by atoms with Gasteiger partial charge in [0.25, 0.3) is 5.56 Å². The average molecular weight is 430 g/mol. The molecule has 160 valence electrons. The number of nitrogens with one attached hydrogen (secondary N) is 2. The molecule has 1 unspecified atom stereocenters. The number of fused-ring (bicyclic) bond motifs is 4. The van der Waals surface area contributed by atoms with Crippen LogP contribution in [-0.4, -0.2) is 44.5 Å². The van der Waals surface area contributed by atoms with Crippen molar-refractivity contribution >= 4 is 44.1 Å². The van der Waals surface area contributed by atoms with Gasteiger partial charge in [0.15, 0.2) is 0 Å². The Kier molecular flexibility index (Phi) is 3.96. The van der Waals surface area contributed by atoms with Crippen molar-refractivity contribution in [1.82, 2.24) is 20.2 Å². The maximum atomic E-state index is 14.3. The maximum absolute atomic E-state index is 14.3. The Morgan fingerprint density at radius 3 is 2.88 bits per heavy atom. The molecule has 1 saturated heterocycles. The average Bonchev–Trinajstić information content (AvgIpc) is 3.45. The lowest BCUT2D eigenvalue weighted by Crippen LogP contribution is -2.22. The van der Waals surface area contributed by atoms with E-state index in [9.17, 15) is 14.3 Å². The van der Waals surface area contributed by atoms with Crippen LogP contribution in [0, 0.1) is 5.82 Å². The lowest BCUT2D eigenvalue weighted by Gasteiger charge is -2.22. The first-order valence-electron chi connectivity index (χ1n) is 10.3. The van der Waals surface area contributed by atoms with Gasteiger partial charge in [0.2, 0.25) is 0 Å². The molecule has 0 bridgehead atoms. The zero-order valence-electron chi connectivity index (χ0n) is 16.9. The highest BCUT2D eigenvalue weighted by atomic mass is 19.1. The first-order chi connectivity index (χ1) is 15.5. The molecule has 1 fully saturated rings. The Morgan fingerprint density at radius 1 is 1.19 bits per heavy atom. The molecule has 0 radical (unpaired) electrons. The van der Waals surface area contributed by atoms with Gasteiger partial charge >= 0.3 is 0 Å². The van der Waals surface area contributed by atoms with E-state index in [1.807, 2.05) is 18.2 Å². The van der Waals surface area contributed by atoms with Crippen molar-refractivity contribution < 1.29 is 9.50 Å². The summed E-state index contributed by atoms with van der Waals surface area (Å²) in [7, 11) is 0. The van der Waals surface area contributed by atoms with Gasteiger partial charge in [0, 0.05) is 41.0 Å². The minimum atomic E-state index is -0.435. The van der Waals surface area contributed by atoms with Crippen LogP contribution in [0.2, 0.25) is 0 Å². The van der Waals surface area contributed by atoms with Crippen LogP contribution in [-0.2, 0) is 0 Å². The molecular formula is C23H19FN6O2. The second kappa shape index (κ2) is 6.76. The number of β-amino-alcohol motifs (C(OH)–C–C–N with tert-alkyl or cyclic N) is 1. The summed E-state index contributed by atoms with van der Waals surface area (Å²) in [6, 6.07) is 8.60. The van der Waals surface area contributed by atoms with Crippen molar-refractivity contribution in [2.45, 2.75) is 12.5 Å². The van der Waals surface area contributed by atoms with Crippen molar-refractivity contribution in [3.63, 3.8) is 0 Å². The monoisotopic (exact) mass is 430 g/mol. The Labute approximate surface area is 180 Å². The summed E-state index contributed by atoms with van der Waals surface area (Å²) in [6.07, 6.45) is 3.49. The summed E-state index contributed by atoms with van der Waals surface area (Å²) in [5.74, 6) is -0.435. The summed E-state index contributed by atoms with van der Waals surface area (Å²) in [6.45, 7) is 1.18. The molecule has 0 saturated carbocycles. The number of aromatic nitrogens is 4. The van der Waals surface area contributed by atoms with Crippen LogP contribution < -0.4 is 16.2 Å². The topological polar surface area (TPSA) is 124 Å². The number of aliphatic hydroxyl groups excluding tert-OH is 1. The van der Waals surface area contributed by atoms with Gasteiger partial charge in [-0.3, -0.25) is 14.9 Å². The third kappa shape index (κ3) is 2.61. The minimum Gasteiger partial charge on any atom is -0.394 e. The van der Waals surface area contributed by atoms with E-state index >= 15 is 0 Å². The number of nitrogen functional groups attached to an aromatic ring is 1. The van der Waals surface area contributed by atoms with Gasteiger partial charge in [-0.15, -0.1) is 0 Å². The summed E-state index contributed by atoms with van der Waals surface area (Å²) >= 11 is 0. The molecule has 0 aliphatic carbocycles. The SMILES string of the molecule is Nc1c(-c2ccc(F)c3[nH]ncc23)c2cc(N3CCC(O)C3)c3ncccc3c2[nH]c1=O. The van der Waals surface area contributed by atoms with Crippen molar-refractivity contribution in [3.05, 3.63) is 58.9 Å². The molecule has 4 heterocycles. The van der Waals surface area contributed by atoms with Crippen molar-refractivity contribution in [2.75, 3.05) is 23.7 Å². The number of hydrogen-bond donors (Lipinski definition) is 4. The van der Waals surface area contributed by atoms with Gasteiger partial charge in [-0.05, 0) is 36.2 Å². The third-order valence-corrected chi connectivity index (χ3v) is 6.23. The van der Waals surface area contributed by atoms with E-state index in [1.54, 1.807) is 12.3 Å². The fraction of sp³-hybridized carbons (Fsp3) is 0.174. The molecule has 0 amide bonds. The maximum Gasteiger partial charge on any atom is 0.272 e. The van der Waals surface area contributed by atoms with E-state index in [1.165, 1.54) is 12.3 Å². The van der Waals surface area contributed by atoms with E-state index < -0.39 is 17.5 Å². The molecule has 1 aliphatic rings. The van der Waals surface area contributed by atoms with Gasteiger partial charge in [0.1, 0.15) is 17.0 Å². The first-order valence-corrected chi connectivity index (χ1v) is 10.3. The number of nitrogens with two attached hydrogens (primary N) is 1. The molecule has 3 aromatic heterocycles. The summed E-state index contributed by atoms with van der Waals surface area (Å²) in [5.41, 5.74) is 9.49. The Morgan fingerprint density at radius 2 is 2.06 bits per heavy atom. The van der Waals surface area contributed by atoms with E-state index in [4.69, 9.17) is 5.73 Å². The molecule has 1 aliphatic heterocycles. The van der Waals surface area contributed by atoms with Gasteiger partial charge in [0.05, 0.1) is 29.0 Å². The number of pyridine rings is 2.